The number of hydrogen-bond donors (Lipinski definition) is 1. The molecule has 2 aliphatic rings. The van der Waals surface area contributed by atoms with E-state index in [9.17, 15) is 23.1 Å². The fourth-order valence-electron chi connectivity index (χ4n) is 3.20. The van der Waals surface area contributed by atoms with E-state index in [2.05, 4.69) is 0 Å². The molecule has 3 nitrogen and oxygen atoms in total. The molecule has 1 N–H and O–H groups in total. The number of rotatable bonds is 0. The maximum Gasteiger partial charge on any atom is 0.471 e. The van der Waals surface area contributed by atoms with Gasteiger partial charge in [0.05, 0.1) is 6.10 Å². The molecule has 1 aliphatic carbocycles. The first-order valence-corrected chi connectivity index (χ1v) is 7.05. The van der Waals surface area contributed by atoms with Crippen molar-refractivity contribution in [2.75, 3.05) is 6.54 Å². The smallest absolute Gasteiger partial charge is 0.388 e. The number of amides is 1. The first kappa shape index (κ1) is 14.4. The van der Waals surface area contributed by atoms with Gasteiger partial charge in [-0.1, -0.05) is 12.1 Å². The van der Waals surface area contributed by atoms with Crippen molar-refractivity contribution >= 4 is 5.91 Å². The molecule has 1 aromatic carbocycles. The van der Waals surface area contributed by atoms with Crippen LogP contribution in [-0.2, 0) is 24.2 Å². The molecule has 1 amide bonds. The molecule has 0 saturated heterocycles. The molecule has 21 heavy (non-hydrogen) atoms. The van der Waals surface area contributed by atoms with Gasteiger partial charge in [0.25, 0.3) is 0 Å². The summed E-state index contributed by atoms with van der Waals surface area (Å²) in [6.45, 7) is 0.0667. The van der Waals surface area contributed by atoms with Crippen LogP contribution < -0.4 is 0 Å². The van der Waals surface area contributed by atoms with E-state index in [1.165, 1.54) is 0 Å². The van der Waals surface area contributed by atoms with E-state index in [0.29, 0.717) is 6.42 Å². The van der Waals surface area contributed by atoms with Crippen molar-refractivity contribution in [1.82, 2.24) is 4.90 Å². The van der Waals surface area contributed by atoms with Gasteiger partial charge in [-0.25, -0.2) is 0 Å². The maximum atomic E-state index is 12.5. The SMILES string of the molecule is O=C(N1CCc2cc3c(cc2C1)CCCC3O)C(F)(F)F. The zero-order valence-electron chi connectivity index (χ0n) is 11.4. The largest absolute Gasteiger partial charge is 0.471 e. The van der Waals surface area contributed by atoms with E-state index in [0.717, 1.165) is 46.4 Å². The Labute approximate surface area is 120 Å². The van der Waals surface area contributed by atoms with Crippen molar-refractivity contribution in [2.45, 2.75) is 44.5 Å². The van der Waals surface area contributed by atoms with Gasteiger partial charge in [-0.2, -0.15) is 13.2 Å². The minimum absolute atomic E-state index is 0.00292. The molecule has 3 rings (SSSR count). The van der Waals surface area contributed by atoms with Crippen LogP contribution in [0.1, 0.15) is 41.2 Å². The number of carbonyl (C=O) groups excluding carboxylic acids is 1. The average Bonchev–Trinajstić information content (AvgIpc) is 2.43. The topological polar surface area (TPSA) is 40.5 Å². The zero-order valence-corrected chi connectivity index (χ0v) is 11.4. The molecular weight excluding hydrogens is 283 g/mol. The molecule has 6 heteroatoms. The van der Waals surface area contributed by atoms with Crippen molar-refractivity contribution in [2.24, 2.45) is 0 Å². The van der Waals surface area contributed by atoms with Crippen LogP contribution >= 0.6 is 0 Å². The first-order chi connectivity index (χ1) is 9.86. The summed E-state index contributed by atoms with van der Waals surface area (Å²) < 4.78 is 37.5. The lowest BCUT2D eigenvalue weighted by Gasteiger charge is -2.32. The molecule has 114 valence electrons. The zero-order chi connectivity index (χ0) is 15.2. The highest BCUT2D eigenvalue weighted by Gasteiger charge is 2.43. The van der Waals surface area contributed by atoms with Gasteiger partial charge in [0.15, 0.2) is 0 Å². The Morgan fingerprint density at radius 2 is 1.95 bits per heavy atom. The van der Waals surface area contributed by atoms with Crippen LogP contribution in [-0.4, -0.2) is 28.6 Å². The molecule has 0 radical (unpaired) electrons. The highest BCUT2D eigenvalue weighted by Crippen LogP contribution is 2.34. The maximum absolute atomic E-state index is 12.5. The van der Waals surface area contributed by atoms with Gasteiger partial charge >= 0.3 is 12.1 Å². The van der Waals surface area contributed by atoms with E-state index in [1.54, 1.807) is 0 Å². The molecule has 1 unspecified atom stereocenters. The lowest BCUT2D eigenvalue weighted by Crippen LogP contribution is -2.43. The van der Waals surface area contributed by atoms with Crippen LogP contribution in [0.25, 0.3) is 0 Å². The van der Waals surface area contributed by atoms with E-state index in [4.69, 9.17) is 0 Å². The van der Waals surface area contributed by atoms with Crippen LogP contribution in [0, 0.1) is 0 Å². The number of nitrogens with zero attached hydrogens (tertiary/aromatic N) is 1. The summed E-state index contributed by atoms with van der Waals surface area (Å²) >= 11 is 0. The monoisotopic (exact) mass is 299 g/mol. The van der Waals surface area contributed by atoms with E-state index in [-0.39, 0.29) is 13.1 Å². The van der Waals surface area contributed by atoms with Crippen molar-refractivity contribution < 1.29 is 23.1 Å². The average molecular weight is 299 g/mol. The molecular formula is C15H16F3NO2. The number of aryl methyl sites for hydroxylation is 1. The highest BCUT2D eigenvalue weighted by atomic mass is 19.4. The van der Waals surface area contributed by atoms with Crippen LogP contribution in [0.4, 0.5) is 13.2 Å². The van der Waals surface area contributed by atoms with Gasteiger partial charge in [-0.15, -0.1) is 0 Å². The second kappa shape index (κ2) is 5.02. The van der Waals surface area contributed by atoms with Crippen molar-refractivity contribution in [3.63, 3.8) is 0 Å². The predicted molar refractivity (Wildman–Crippen MR) is 69.5 cm³/mol. The number of fused-ring (bicyclic) bond motifs is 2. The van der Waals surface area contributed by atoms with Crippen LogP contribution in [0.2, 0.25) is 0 Å². The van der Waals surface area contributed by atoms with Crippen LogP contribution in [0.3, 0.4) is 0 Å². The Kier molecular flexibility index (Phi) is 3.43. The standard InChI is InChI=1S/C15H16F3NO2/c16-15(17,18)14(21)19-5-4-9-7-12-10(6-11(9)8-19)2-1-3-13(12)20/h6-7,13,20H,1-5,8H2. The summed E-state index contributed by atoms with van der Waals surface area (Å²) in [6.07, 6.45) is -2.47. The Hall–Kier alpha value is -1.56. The quantitative estimate of drug-likeness (QED) is 0.799. The number of aliphatic hydroxyl groups is 1. The first-order valence-electron chi connectivity index (χ1n) is 7.05. The van der Waals surface area contributed by atoms with Crippen LogP contribution in [0.5, 0.6) is 0 Å². The summed E-state index contributed by atoms with van der Waals surface area (Å²) in [5, 5.41) is 10.00. The lowest BCUT2D eigenvalue weighted by molar-refractivity contribution is -0.186. The summed E-state index contributed by atoms with van der Waals surface area (Å²) in [4.78, 5) is 12.2. The number of hydrogen-bond acceptors (Lipinski definition) is 2. The molecule has 1 aliphatic heterocycles. The van der Waals surface area contributed by atoms with E-state index < -0.39 is 18.2 Å². The fourth-order valence-corrected chi connectivity index (χ4v) is 3.20. The fraction of sp³-hybridized carbons (Fsp3) is 0.533. The second-order valence-corrected chi connectivity index (χ2v) is 5.70. The molecule has 1 atom stereocenters. The van der Waals surface area contributed by atoms with Gasteiger partial charge in [0, 0.05) is 13.1 Å². The third kappa shape index (κ3) is 2.64. The number of carbonyl (C=O) groups is 1. The van der Waals surface area contributed by atoms with E-state index >= 15 is 0 Å². The molecule has 0 fully saturated rings. The summed E-state index contributed by atoms with van der Waals surface area (Å²) in [6, 6.07) is 3.77. The molecule has 0 saturated carbocycles. The molecule has 0 bridgehead atoms. The predicted octanol–water partition coefficient (Wildman–Crippen LogP) is 2.50. The third-order valence-electron chi connectivity index (χ3n) is 4.29. The van der Waals surface area contributed by atoms with Gasteiger partial charge in [0.2, 0.25) is 0 Å². The van der Waals surface area contributed by atoms with Crippen LogP contribution in [0.15, 0.2) is 12.1 Å². The lowest BCUT2D eigenvalue weighted by atomic mass is 9.84. The number of benzene rings is 1. The second-order valence-electron chi connectivity index (χ2n) is 5.70. The molecule has 0 aromatic heterocycles. The summed E-state index contributed by atoms with van der Waals surface area (Å²) in [5.41, 5.74) is 3.61. The molecule has 1 heterocycles. The van der Waals surface area contributed by atoms with Crippen molar-refractivity contribution in [3.05, 3.63) is 34.4 Å². The minimum atomic E-state index is -4.82. The summed E-state index contributed by atoms with van der Waals surface area (Å²) in [5.74, 6) is -1.77. The van der Waals surface area contributed by atoms with Gasteiger partial charge < -0.3 is 10.0 Å². The third-order valence-corrected chi connectivity index (χ3v) is 4.29. The number of halogens is 3. The van der Waals surface area contributed by atoms with Gasteiger partial charge in [-0.3, -0.25) is 4.79 Å². The number of alkyl halides is 3. The van der Waals surface area contributed by atoms with Crippen molar-refractivity contribution in [1.29, 1.82) is 0 Å². The Morgan fingerprint density at radius 1 is 1.19 bits per heavy atom. The van der Waals surface area contributed by atoms with Gasteiger partial charge in [-0.05, 0) is 47.9 Å². The Bertz CT molecular complexity index is 583. The normalized spacial score (nSPS) is 21.7. The Balaban J connectivity index is 1.88. The minimum Gasteiger partial charge on any atom is -0.388 e. The molecule has 0 spiro atoms. The molecule has 1 aromatic rings. The van der Waals surface area contributed by atoms with E-state index in [1.807, 2.05) is 12.1 Å². The van der Waals surface area contributed by atoms with Crippen molar-refractivity contribution in [3.8, 4) is 0 Å². The summed E-state index contributed by atoms with van der Waals surface area (Å²) in [7, 11) is 0. The Morgan fingerprint density at radius 3 is 2.67 bits per heavy atom. The van der Waals surface area contributed by atoms with Gasteiger partial charge in [0.1, 0.15) is 0 Å². The highest BCUT2D eigenvalue weighted by molar-refractivity contribution is 5.82. The number of aliphatic hydroxyl groups excluding tert-OH is 1.